The molecular formula is C15H17FN4O3. The van der Waals surface area contributed by atoms with E-state index in [0.717, 1.165) is 12.8 Å². The topological polar surface area (TPSA) is 91.1 Å². The van der Waals surface area contributed by atoms with E-state index in [1.807, 2.05) is 0 Å². The molecule has 1 atom stereocenters. The van der Waals surface area contributed by atoms with Gasteiger partial charge in [-0.25, -0.2) is 14.3 Å². The summed E-state index contributed by atoms with van der Waals surface area (Å²) in [5, 5.41) is 5.84. The second kappa shape index (κ2) is 6.74. The van der Waals surface area contributed by atoms with Gasteiger partial charge >= 0.3 is 5.69 Å². The summed E-state index contributed by atoms with van der Waals surface area (Å²) in [6.45, 7) is 1.25. The number of aromatic nitrogens is 3. The number of amides is 1. The Balaban J connectivity index is 1.80. The number of carbonyl (C=O) groups is 1. The number of halogens is 1. The zero-order chi connectivity index (χ0) is 16.2. The van der Waals surface area contributed by atoms with Crippen molar-refractivity contribution in [3.63, 3.8) is 0 Å². The molecule has 1 aromatic carbocycles. The van der Waals surface area contributed by atoms with Gasteiger partial charge in [0.2, 0.25) is 5.82 Å². The molecule has 0 bridgehead atoms. The predicted molar refractivity (Wildman–Crippen MR) is 79.3 cm³/mol. The molecule has 1 aliphatic rings. The van der Waals surface area contributed by atoms with Crippen molar-refractivity contribution in [2.24, 2.45) is 0 Å². The van der Waals surface area contributed by atoms with Gasteiger partial charge in [0.05, 0.1) is 6.10 Å². The molecule has 1 saturated heterocycles. The largest absolute Gasteiger partial charge is 0.376 e. The third kappa shape index (κ3) is 3.84. The van der Waals surface area contributed by atoms with Crippen LogP contribution in [0.1, 0.15) is 29.0 Å². The molecule has 122 valence electrons. The van der Waals surface area contributed by atoms with E-state index in [1.54, 1.807) is 12.1 Å². The van der Waals surface area contributed by atoms with E-state index in [9.17, 15) is 14.0 Å². The van der Waals surface area contributed by atoms with Crippen LogP contribution >= 0.6 is 0 Å². The number of benzene rings is 1. The van der Waals surface area contributed by atoms with Crippen LogP contribution in [0.4, 0.5) is 4.39 Å². The lowest BCUT2D eigenvalue weighted by atomic mass is 10.1. The fraction of sp³-hybridized carbons (Fsp3) is 0.400. The second-order valence-corrected chi connectivity index (χ2v) is 5.48. The fourth-order valence-electron chi connectivity index (χ4n) is 2.63. The lowest BCUT2D eigenvalue weighted by Gasteiger charge is -2.24. The number of aromatic amines is 2. The SMILES string of the molecule is O=C(c1n[nH]c(=O)[nH]1)N(Cc1cccc(F)c1)C[C@@H]1CCCO1. The van der Waals surface area contributed by atoms with Gasteiger partial charge in [0.15, 0.2) is 0 Å². The first-order valence-electron chi connectivity index (χ1n) is 7.42. The third-order valence-electron chi connectivity index (χ3n) is 3.70. The molecular weight excluding hydrogens is 303 g/mol. The highest BCUT2D eigenvalue weighted by atomic mass is 19.1. The van der Waals surface area contributed by atoms with Crippen molar-refractivity contribution < 1.29 is 13.9 Å². The van der Waals surface area contributed by atoms with Crippen LogP contribution in [0.15, 0.2) is 29.1 Å². The Morgan fingerprint density at radius 3 is 3.00 bits per heavy atom. The highest BCUT2D eigenvalue weighted by molar-refractivity contribution is 5.90. The molecule has 1 aromatic heterocycles. The van der Waals surface area contributed by atoms with Crippen LogP contribution < -0.4 is 5.69 Å². The summed E-state index contributed by atoms with van der Waals surface area (Å²) in [6.07, 6.45) is 1.76. The van der Waals surface area contributed by atoms with Gasteiger partial charge in [-0.15, -0.1) is 5.10 Å². The number of nitrogens with one attached hydrogen (secondary N) is 2. The summed E-state index contributed by atoms with van der Waals surface area (Å²) in [5.74, 6) is -0.854. The summed E-state index contributed by atoms with van der Waals surface area (Å²) in [6, 6.07) is 6.06. The van der Waals surface area contributed by atoms with Crippen LogP contribution in [0.3, 0.4) is 0 Å². The van der Waals surface area contributed by atoms with E-state index in [2.05, 4.69) is 15.2 Å². The van der Waals surface area contributed by atoms with Crippen LogP contribution in [0.5, 0.6) is 0 Å². The molecule has 7 nitrogen and oxygen atoms in total. The highest BCUT2D eigenvalue weighted by Gasteiger charge is 2.25. The smallest absolute Gasteiger partial charge is 0.341 e. The Bertz CT molecular complexity index is 736. The minimum atomic E-state index is -0.545. The van der Waals surface area contributed by atoms with Crippen LogP contribution in [0.25, 0.3) is 0 Å². The number of rotatable bonds is 5. The average Bonchev–Trinajstić information content (AvgIpc) is 3.17. The van der Waals surface area contributed by atoms with Crippen molar-refractivity contribution >= 4 is 5.91 Å². The Morgan fingerprint density at radius 2 is 2.35 bits per heavy atom. The van der Waals surface area contributed by atoms with Crippen molar-refractivity contribution in [2.75, 3.05) is 13.2 Å². The summed E-state index contributed by atoms with van der Waals surface area (Å²) in [4.78, 5) is 27.6. The van der Waals surface area contributed by atoms with Gasteiger partial charge in [0.25, 0.3) is 5.91 Å². The maximum Gasteiger partial charge on any atom is 0.341 e. The Kier molecular flexibility index (Phi) is 4.52. The molecule has 0 saturated carbocycles. The maximum atomic E-state index is 13.4. The highest BCUT2D eigenvalue weighted by Crippen LogP contribution is 2.16. The molecule has 2 N–H and O–H groups in total. The minimum Gasteiger partial charge on any atom is -0.376 e. The van der Waals surface area contributed by atoms with Crippen LogP contribution in [0.2, 0.25) is 0 Å². The number of hydrogen-bond donors (Lipinski definition) is 2. The first-order valence-corrected chi connectivity index (χ1v) is 7.42. The van der Waals surface area contributed by atoms with E-state index in [4.69, 9.17) is 4.74 Å². The summed E-state index contributed by atoms with van der Waals surface area (Å²) in [7, 11) is 0. The van der Waals surface area contributed by atoms with Crippen molar-refractivity contribution in [3.05, 3.63) is 52.0 Å². The third-order valence-corrected chi connectivity index (χ3v) is 3.70. The maximum absolute atomic E-state index is 13.4. The lowest BCUT2D eigenvalue weighted by Crippen LogP contribution is -2.37. The lowest BCUT2D eigenvalue weighted by molar-refractivity contribution is 0.0498. The van der Waals surface area contributed by atoms with Crippen molar-refractivity contribution in [3.8, 4) is 0 Å². The molecule has 23 heavy (non-hydrogen) atoms. The van der Waals surface area contributed by atoms with Gasteiger partial charge in [-0.05, 0) is 30.5 Å². The fourth-order valence-corrected chi connectivity index (χ4v) is 2.63. The van der Waals surface area contributed by atoms with Crippen molar-refractivity contribution in [1.29, 1.82) is 0 Å². The van der Waals surface area contributed by atoms with E-state index in [1.165, 1.54) is 17.0 Å². The standard InChI is InChI=1S/C15H17FN4O3/c16-11-4-1-3-10(7-11)8-20(9-12-5-2-6-23-12)14(21)13-17-15(22)19-18-13/h1,3-4,7,12H,2,5-6,8-9H2,(H2,17,18,19,22)/t12-/m0/s1. The summed E-state index contributed by atoms with van der Waals surface area (Å²) < 4.78 is 18.9. The average molecular weight is 320 g/mol. The zero-order valence-corrected chi connectivity index (χ0v) is 12.4. The van der Waals surface area contributed by atoms with Crippen LogP contribution in [0, 0.1) is 5.82 Å². The number of H-pyrrole nitrogens is 2. The van der Waals surface area contributed by atoms with E-state index < -0.39 is 11.6 Å². The molecule has 8 heteroatoms. The molecule has 1 fully saturated rings. The minimum absolute atomic E-state index is 0.0572. The van der Waals surface area contributed by atoms with Gasteiger partial charge in [0, 0.05) is 19.7 Å². The Hall–Kier alpha value is -2.48. The number of carbonyl (C=O) groups excluding carboxylic acids is 1. The van der Waals surface area contributed by atoms with Crippen molar-refractivity contribution in [2.45, 2.75) is 25.5 Å². The molecule has 1 aliphatic heterocycles. The number of hydrogen-bond acceptors (Lipinski definition) is 4. The van der Waals surface area contributed by atoms with E-state index in [-0.39, 0.29) is 24.3 Å². The van der Waals surface area contributed by atoms with E-state index in [0.29, 0.717) is 18.7 Å². The van der Waals surface area contributed by atoms with Gasteiger partial charge in [-0.1, -0.05) is 12.1 Å². The summed E-state index contributed by atoms with van der Waals surface area (Å²) >= 11 is 0. The molecule has 3 rings (SSSR count). The molecule has 1 amide bonds. The molecule has 0 aliphatic carbocycles. The monoisotopic (exact) mass is 320 g/mol. The number of nitrogens with zero attached hydrogens (tertiary/aromatic N) is 2. The van der Waals surface area contributed by atoms with Crippen LogP contribution in [-0.2, 0) is 11.3 Å². The van der Waals surface area contributed by atoms with Gasteiger partial charge in [-0.2, -0.15) is 0 Å². The van der Waals surface area contributed by atoms with E-state index >= 15 is 0 Å². The van der Waals surface area contributed by atoms with Gasteiger partial charge < -0.3 is 9.64 Å². The number of ether oxygens (including phenoxy) is 1. The van der Waals surface area contributed by atoms with Crippen molar-refractivity contribution in [1.82, 2.24) is 20.1 Å². The molecule has 0 radical (unpaired) electrons. The molecule has 2 heterocycles. The first kappa shape index (κ1) is 15.4. The zero-order valence-electron chi connectivity index (χ0n) is 12.4. The molecule has 0 spiro atoms. The normalized spacial score (nSPS) is 17.3. The van der Waals surface area contributed by atoms with Crippen LogP contribution in [-0.4, -0.2) is 45.2 Å². The second-order valence-electron chi connectivity index (χ2n) is 5.48. The predicted octanol–water partition coefficient (Wildman–Crippen LogP) is 1.06. The Morgan fingerprint density at radius 1 is 1.48 bits per heavy atom. The summed E-state index contributed by atoms with van der Waals surface area (Å²) in [5.41, 5.74) is 0.116. The molecule has 0 unspecified atom stereocenters. The van der Waals surface area contributed by atoms with Gasteiger partial charge in [0.1, 0.15) is 5.82 Å². The molecule has 2 aromatic rings. The van der Waals surface area contributed by atoms with Gasteiger partial charge in [-0.3, -0.25) is 9.78 Å². The first-order chi connectivity index (χ1) is 11.1. The quantitative estimate of drug-likeness (QED) is 0.862. The Labute approximate surface area is 131 Å².